The van der Waals surface area contributed by atoms with E-state index in [9.17, 15) is 0 Å². The van der Waals surface area contributed by atoms with Gasteiger partial charge in [0.15, 0.2) is 0 Å². The highest BCUT2D eigenvalue weighted by Gasteiger charge is 2.19. The maximum absolute atomic E-state index is 6.18. The number of rotatable bonds is 5. The fourth-order valence-corrected chi connectivity index (χ4v) is 2.44. The van der Waals surface area contributed by atoms with Gasteiger partial charge in [-0.25, -0.2) is 0 Å². The van der Waals surface area contributed by atoms with Crippen LogP contribution in [0.4, 0.5) is 0 Å². The molecule has 0 radical (unpaired) electrons. The van der Waals surface area contributed by atoms with Crippen LogP contribution in [0.3, 0.4) is 0 Å². The molecule has 0 spiro atoms. The minimum absolute atomic E-state index is 0.525. The summed E-state index contributed by atoms with van der Waals surface area (Å²) in [7, 11) is 0. The Bertz CT molecular complexity index is 356. The minimum atomic E-state index is 0.525. The van der Waals surface area contributed by atoms with E-state index in [2.05, 4.69) is 18.9 Å². The smallest absolute Gasteiger partial charge is 0.107 e. The fourth-order valence-electron chi connectivity index (χ4n) is 2.25. The third-order valence-corrected chi connectivity index (χ3v) is 3.46. The van der Waals surface area contributed by atoms with Crippen LogP contribution in [-0.2, 0) is 11.3 Å². The molecular weight excluding hydrogens is 236 g/mol. The lowest BCUT2D eigenvalue weighted by atomic mass is 10.2. The second kappa shape index (κ2) is 5.87. The standard InChI is InChI=1S/C13H21ClN2O/c1-10(2)8-17-9-13-12(14)7-16(15-13)11-5-3-4-6-11/h7,10-11H,3-6,8-9H2,1-2H3. The van der Waals surface area contributed by atoms with Crippen molar-refractivity contribution in [3.05, 3.63) is 16.9 Å². The molecule has 17 heavy (non-hydrogen) atoms. The Hall–Kier alpha value is -0.540. The van der Waals surface area contributed by atoms with Crippen LogP contribution in [-0.4, -0.2) is 16.4 Å². The second-order valence-electron chi connectivity index (χ2n) is 5.25. The summed E-state index contributed by atoms with van der Waals surface area (Å²) in [6, 6.07) is 0.548. The van der Waals surface area contributed by atoms with Gasteiger partial charge in [0.05, 0.1) is 17.7 Å². The molecular formula is C13H21ClN2O. The third-order valence-electron chi connectivity index (χ3n) is 3.15. The summed E-state index contributed by atoms with van der Waals surface area (Å²) < 4.78 is 7.61. The minimum Gasteiger partial charge on any atom is -0.375 e. The molecule has 0 N–H and O–H groups in total. The molecule has 1 saturated carbocycles. The van der Waals surface area contributed by atoms with Crippen molar-refractivity contribution >= 4 is 11.6 Å². The Morgan fingerprint density at radius 1 is 1.47 bits per heavy atom. The van der Waals surface area contributed by atoms with Gasteiger partial charge in [-0.2, -0.15) is 5.10 Å². The van der Waals surface area contributed by atoms with Crippen LogP contribution in [0.15, 0.2) is 6.20 Å². The summed E-state index contributed by atoms with van der Waals surface area (Å²) in [5.74, 6) is 0.547. The van der Waals surface area contributed by atoms with Gasteiger partial charge in [-0.15, -0.1) is 0 Å². The van der Waals surface area contributed by atoms with E-state index in [1.807, 2.05) is 10.9 Å². The molecule has 0 bridgehead atoms. The number of ether oxygens (including phenoxy) is 1. The molecule has 0 unspecified atom stereocenters. The van der Waals surface area contributed by atoms with Crippen molar-refractivity contribution in [2.75, 3.05) is 6.61 Å². The first kappa shape index (κ1) is 12.9. The van der Waals surface area contributed by atoms with Crippen molar-refractivity contribution in [1.29, 1.82) is 0 Å². The first-order valence-corrected chi connectivity index (χ1v) is 6.86. The molecule has 0 atom stereocenters. The average molecular weight is 257 g/mol. The van der Waals surface area contributed by atoms with Gasteiger partial charge in [-0.05, 0) is 18.8 Å². The van der Waals surface area contributed by atoms with E-state index in [0.29, 0.717) is 18.6 Å². The molecule has 1 fully saturated rings. The highest BCUT2D eigenvalue weighted by molar-refractivity contribution is 6.31. The molecule has 1 aromatic heterocycles. The summed E-state index contributed by atoms with van der Waals surface area (Å²) in [6.07, 6.45) is 7.02. The van der Waals surface area contributed by atoms with Crippen molar-refractivity contribution in [3.8, 4) is 0 Å². The number of aromatic nitrogens is 2. The molecule has 3 nitrogen and oxygen atoms in total. The maximum atomic E-state index is 6.18. The molecule has 0 aliphatic heterocycles. The highest BCUT2D eigenvalue weighted by Crippen LogP contribution is 2.30. The normalized spacial score (nSPS) is 17.2. The van der Waals surface area contributed by atoms with Crippen LogP contribution in [0.5, 0.6) is 0 Å². The molecule has 1 aromatic rings. The van der Waals surface area contributed by atoms with Gasteiger partial charge in [-0.3, -0.25) is 4.68 Å². The van der Waals surface area contributed by atoms with Gasteiger partial charge >= 0.3 is 0 Å². The van der Waals surface area contributed by atoms with Gasteiger partial charge in [0.1, 0.15) is 5.69 Å². The number of hydrogen-bond donors (Lipinski definition) is 0. The fraction of sp³-hybridized carbons (Fsp3) is 0.769. The summed E-state index contributed by atoms with van der Waals surface area (Å²) in [5, 5.41) is 5.29. The van der Waals surface area contributed by atoms with Crippen molar-refractivity contribution in [2.24, 2.45) is 5.92 Å². The summed E-state index contributed by atoms with van der Waals surface area (Å²) >= 11 is 6.18. The average Bonchev–Trinajstić information content (AvgIpc) is 2.87. The Morgan fingerprint density at radius 3 is 2.82 bits per heavy atom. The molecule has 4 heteroatoms. The lowest BCUT2D eigenvalue weighted by Gasteiger charge is -2.09. The molecule has 2 rings (SSSR count). The van der Waals surface area contributed by atoms with Crippen LogP contribution in [0.25, 0.3) is 0 Å². The molecule has 0 saturated heterocycles. The molecule has 1 aliphatic carbocycles. The highest BCUT2D eigenvalue weighted by atomic mass is 35.5. The SMILES string of the molecule is CC(C)COCc1nn(C2CCCC2)cc1Cl. The Kier molecular flexibility index (Phi) is 4.46. The van der Waals surface area contributed by atoms with Gasteiger partial charge < -0.3 is 4.74 Å². The zero-order chi connectivity index (χ0) is 12.3. The predicted molar refractivity (Wildman–Crippen MR) is 69.2 cm³/mol. The lowest BCUT2D eigenvalue weighted by molar-refractivity contribution is 0.0943. The quantitative estimate of drug-likeness (QED) is 0.801. The van der Waals surface area contributed by atoms with Crippen molar-refractivity contribution < 1.29 is 4.74 Å². The van der Waals surface area contributed by atoms with Crippen molar-refractivity contribution in [3.63, 3.8) is 0 Å². The van der Waals surface area contributed by atoms with E-state index < -0.39 is 0 Å². The monoisotopic (exact) mass is 256 g/mol. The zero-order valence-electron chi connectivity index (χ0n) is 10.7. The maximum Gasteiger partial charge on any atom is 0.107 e. The summed E-state index contributed by atoms with van der Waals surface area (Å²) in [6.45, 7) is 5.56. The first-order chi connectivity index (χ1) is 8.16. The largest absolute Gasteiger partial charge is 0.375 e. The molecule has 96 valence electrons. The van der Waals surface area contributed by atoms with Crippen LogP contribution < -0.4 is 0 Å². The number of halogens is 1. The van der Waals surface area contributed by atoms with Gasteiger partial charge in [-0.1, -0.05) is 38.3 Å². The second-order valence-corrected chi connectivity index (χ2v) is 5.66. The number of hydrogen-bond acceptors (Lipinski definition) is 2. The van der Waals surface area contributed by atoms with E-state index in [-0.39, 0.29) is 0 Å². The van der Waals surface area contributed by atoms with Crippen LogP contribution in [0.2, 0.25) is 5.02 Å². The van der Waals surface area contributed by atoms with Crippen LogP contribution >= 0.6 is 11.6 Å². The topological polar surface area (TPSA) is 27.1 Å². The lowest BCUT2D eigenvalue weighted by Crippen LogP contribution is -2.07. The molecule has 1 heterocycles. The van der Waals surface area contributed by atoms with Gasteiger partial charge in [0, 0.05) is 12.8 Å². The van der Waals surface area contributed by atoms with Crippen molar-refractivity contribution in [1.82, 2.24) is 9.78 Å². The van der Waals surface area contributed by atoms with E-state index in [0.717, 1.165) is 17.3 Å². The van der Waals surface area contributed by atoms with E-state index in [1.165, 1.54) is 25.7 Å². The Balaban J connectivity index is 1.93. The summed E-state index contributed by atoms with van der Waals surface area (Å²) in [4.78, 5) is 0. The third kappa shape index (κ3) is 3.46. The molecule has 0 amide bonds. The Morgan fingerprint density at radius 2 is 2.18 bits per heavy atom. The molecule has 1 aliphatic rings. The predicted octanol–water partition coefficient (Wildman–Crippen LogP) is 3.82. The van der Waals surface area contributed by atoms with E-state index in [4.69, 9.17) is 16.3 Å². The van der Waals surface area contributed by atoms with E-state index in [1.54, 1.807) is 0 Å². The van der Waals surface area contributed by atoms with Crippen molar-refractivity contribution in [2.45, 2.75) is 52.2 Å². The molecule has 0 aromatic carbocycles. The Labute approximate surface area is 108 Å². The first-order valence-electron chi connectivity index (χ1n) is 6.48. The zero-order valence-corrected chi connectivity index (χ0v) is 11.4. The van der Waals surface area contributed by atoms with E-state index >= 15 is 0 Å². The van der Waals surface area contributed by atoms with Crippen LogP contribution in [0, 0.1) is 5.92 Å². The van der Waals surface area contributed by atoms with Gasteiger partial charge in [0.25, 0.3) is 0 Å². The van der Waals surface area contributed by atoms with Gasteiger partial charge in [0.2, 0.25) is 0 Å². The summed E-state index contributed by atoms with van der Waals surface area (Å²) in [5.41, 5.74) is 0.874. The van der Waals surface area contributed by atoms with Crippen LogP contribution in [0.1, 0.15) is 51.3 Å². The number of nitrogens with zero attached hydrogens (tertiary/aromatic N) is 2.